The molecule has 0 spiro atoms. The molecule has 1 aliphatic rings. The summed E-state index contributed by atoms with van der Waals surface area (Å²) in [6, 6.07) is 0. The van der Waals surface area contributed by atoms with Crippen molar-refractivity contribution >= 4 is 9.84 Å². The van der Waals surface area contributed by atoms with Gasteiger partial charge in [0, 0.05) is 0 Å². The largest absolute Gasteiger partial charge is 0.241 e. The van der Waals surface area contributed by atoms with Crippen LogP contribution in [0, 0.1) is 5.41 Å². The summed E-state index contributed by atoms with van der Waals surface area (Å²) >= 11 is 0. The summed E-state index contributed by atoms with van der Waals surface area (Å²) in [5.41, 5.74) is -2.05. The molecule has 2 nitrogen and oxygen atoms in total. The van der Waals surface area contributed by atoms with Crippen LogP contribution in [0.25, 0.3) is 0 Å². The average Bonchev–Trinajstić information content (AvgIpc) is 1.55. The van der Waals surface area contributed by atoms with Gasteiger partial charge in [-0.05, 0) is 5.41 Å². The number of sulfone groups is 1. The molecule has 0 amide bonds. The minimum absolute atomic E-state index is 0.302. The van der Waals surface area contributed by atoms with Crippen LogP contribution in [0.2, 0.25) is 0 Å². The van der Waals surface area contributed by atoms with E-state index in [4.69, 9.17) is 0 Å². The molecule has 0 saturated carbocycles. The Bertz CT molecular complexity index is 249. The zero-order chi connectivity index (χ0) is 8.91. The van der Waals surface area contributed by atoms with Gasteiger partial charge in [-0.2, -0.15) is 0 Å². The minimum atomic E-state index is -3.05. The molecule has 1 saturated heterocycles. The average molecular weight is 180 g/mol. The van der Waals surface area contributed by atoms with Crippen molar-refractivity contribution in [3.05, 3.63) is 0 Å². The van der Waals surface area contributed by atoms with E-state index in [1.54, 1.807) is 20.8 Å². The molecule has 0 aromatic heterocycles. The summed E-state index contributed by atoms with van der Waals surface area (Å²) in [7, 11) is -3.05. The smallest absolute Gasteiger partial charge is 0.156 e. The van der Waals surface area contributed by atoms with E-state index in [1.165, 1.54) is 0 Å². The second kappa shape index (κ2) is 1.97. The van der Waals surface area contributed by atoms with Gasteiger partial charge in [-0.15, -0.1) is 0 Å². The van der Waals surface area contributed by atoms with Crippen molar-refractivity contribution in [3.63, 3.8) is 0 Å². The van der Waals surface area contributed by atoms with Gasteiger partial charge >= 0.3 is 0 Å². The van der Waals surface area contributed by atoms with Crippen LogP contribution >= 0.6 is 0 Å². The highest BCUT2D eigenvalue weighted by atomic mass is 32.2. The molecule has 0 N–H and O–H groups in total. The Balaban J connectivity index is 2.79. The molecule has 11 heavy (non-hydrogen) atoms. The fourth-order valence-corrected chi connectivity index (χ4v) is 3.26. The van der Waals surface area contributed by atoms with Gasteiger partial charge in [0.25, 0.3) is 0 Å². The van der Waals surface area contributed by atoms with Crippen molar-refractivity contribution in [1.82, 2.24) is 0 Å². The summed E-state index contributed by atoms with van der Waals surface area (Å²) in [6.45, 7) is 5.17. The molecule has 0 aromatic rings. The maximum atomic E-state index is 13.5. The van der Waals surface area contributed by atoms with Gasteiger partial charge in [-0.3, -0.25) is 0 Å². The normalized spacial score (nSPS) is 27.6. The maximum Gasteiger partial charge on any atom is 0.156 e. The Morgan fingerprint density at radius 3 is 1.73 bits per heavy atom. The Morgan fingerprint density at radius 2 is 1.64 bits per heavy atom. The fourth-order valence-electron chi connectivity index (χ4n) is 1.09. The van der Waals surface area contributed by atoms with Crippen LogP contribution in [-0.4, -0.2) is 25.6 Å². The summed E-state index contributed by atoms with van der Waals surface area (Å²) in [4.78, 5) is 0. The topological polar surface area (TPSA) is 34.1 Å². The molecule has 1 heterocycles. The van der Waals surface area contributed by atoms with E-state index in [1.807, 2.05) is 0 Å². The minimum Gasteiger partial charge on any atom is -0.241 e. The summed E-state index contributed by atoms with van der Waals surface area (Å²) < 4.78 is 34.9. The van der Waals surface area contributed by atoms with Crippen molar-refractivity contribution in [1.29, 1.82) is 0 Å². The fraction of sp³-hybridized carbons (Fsp3) is 1.00. The first-order valence-electron chi connectivity index (χ1n) is 3.56. The van der Waals surface area contributed by atoms with E-state index in [0.29, 0.717) is 0 Å². The highest BCUT2D eigenvalue weighted by Crippen LogP contribution is 2.42. The van der Waals surface area contributed by atoms with E-state index >= 15 is 0 Å². The van der Waals surface area contributed by atoms with Crippen LogP contribution in [0.5, 0.6) is 0 Å². The van der Waals surface area contributed by atoms with Crippen molar-refractivity contribution in [3.8, 4) is 0 Å². The highest BCUT2D eigenvalue weighted by Gasteiger charge is 2.56. The first-order chi connectivity index (χ1) is 4.66. The summed E-state index contributed by atoms with van der Waals surface area (Å²) in [6.07, 6.45) is 0. The van der Waals surface area contributed by atoms with Crippen LogP contribution in [-0.2, 0) is 9.84 Å². The lowest BCUT2D eigenvalue weighted by atomic mass is 9.80. The molecule has 0 aromatic carbocycles. The molecule has 0 unspecified atom stereocenters. The first-order valence-corrected chi connectivity index (χ1v) is 5.38. The second-order valence-electron chi connectivity index (χ2n) is 4.25. The van der Waals surface area contributed by atoms with Crippen molar-refractivity contribution in [2.75, 3.05) is 11.5 Å². The molecule has 1 rings (SSSR count). The monoisotopic (exact) mass is 180 g/mol. The molecule has 0 aliphatic carbocycles. The zero-order valence-corrected chi connectivity index (χ0v) is 7.83. The Kier molecular flexibility index (Phi) is 1.61. The molecule has 0 bridgehead atoms. The highest BCUT2D eigenvalue weighted by molar-refractivity contribution is 7.93. The number of hydrogen-bond acceptors (Lipinski definition) is 2. The number of hydrogen-bond donors (Lipinski definition) is 0. The van der Waals surface area contributed by atoms with Crippen LogP contribution in [0.3, 0.4) is 0 Å². The van der Waals surface area contributed by atoms with E-state index in [0.717, 1.165) is 0 Å². The SMILES string of the molecule is CC(C)(C)C1(F)CS(=O)(=O)C1. The van der Waals surface area contributed by atoms with Gasteiger partial charge < -0.3 is 0 Å². The summed E-state index contributed by atoms with van der Waals surface area (Å²) in [5.74, 6) is -0.604. The Morgan fingerprint density at radius 1 is 1.27 bits per heavy atom. The summed E-state index contributed by atoms with van der Waals surface area (Å²) in [5, 5.41) is 0. The second-order valence-corrected chi connectivity index (χ2v) is 6.31. The number of halogens is 1. The predicted octanol–water partition coefficient (Wildman–Crippen LogP) is 1.17. The lowest BCUT2D eigenvalue weighted by molar-refractivity contribution is 0.0596. The Labute approximate surface area is 66.7 Å². The van der Waals surface area contributed by atoms with Gasteiger partial charge in [0.05, 0.1) is 11.5 Å². The van der Waals surface area contributed by atoms with Gasteiger partial charge in [0.1, 0.15) is 5.67 Å². The quantitative estimate of drug-likeness (QED) is 0.560. The molecule has 66 valence electrons. The van der Waals surface area contributed by atoms with Gasteiger partial charge in [-0.1, -0.05) is 20.8 Å². The van der Waals surface area contributed by atoms with Crippen LogP contribution in [0.15, 0.2) is 0 Å². The molecular weight excluding hydrogens is 167 g/mol. The van der Waals surface area contributed by atoms with Crippen LogP contribution in [0.4, 0.5) is 4.39 Å². The van der Waals surface area contributed by atoms with E-state index in [9.17, 15) is 12.8 Å². The van der Waals surface area contributed by atoms with Crippen LogP contribution < -0.4 is 0 Å². The lowest BCUT2D eigenvalue weighted by Gasteiger charge is -2.43. The van der Waals surface area contributed by atoms with Gasteiger partial charge in [-0.25, -0.2) is 12.8 Å². The molecule has 1 aliphatic heterocycles. The lowest BCUT2D eigenvalue weighted by Crippen LogP contribution is -2.59. The van der Waals surface area contributed by atoms with Gasteiger partial charge in [0.2, 0.25) is 0 Å². The molecule has 0 atom stereocenters. The molecule has 4 heteroatoms. The third kappa shape index (κ3) is 1.41. The predicted molar refractivity (Wildman–Crippen MR) is 41.9 cm³/mol. The van der Waals surface area contributed by atoms with E-state index in [2.05, 4.69) is 0 Å². The van der Waals surface area contributed by atoms with E-state index in [-0.39, 0.29) is 11.5 Å². The molecule has 0 radical (unpaired) electrons. The number of alkyl halides is 1. The van der Waals surface area contributed by atoms with Crippen molar-refractivity contribution in [2.45, 2.75) is 26.4 Å². The third-order valence-corrected chi connectivity index (χ3v) is 4.04. The zero-order valence-electron chi connectivity index (χ0n) is 7.02. The third-order valence-electron chi connectivity index (χ3n) is 2.24. The number of rotatable bonds is 0. The van der Waals surface area contributed by atoms with E-state index < -0.39 is 20.9 Å². The Hall–Kier alpha value is -0.120. The maximum absolute atomic E-state index is 13.5. The van der Waals surface area contributed by atoms with Crippen molar-refractivity contribution in [2.24, 2.45) is 5.41 Å². The van der Waals surface area contributed by atoms with Crippen LogP contribution in [0.1, 0.15) is 20.8 Å². The molecule has 1 fully saturated rings. The first kappa shape index (κ1) is 8.97. The molecular formula is C7H13FO2S. The van der Waals surface area contributed by atoms with Crippen molar-refractivity contribution < 1.29 is 12.8 Å². The van der Waals surface area contributed by atoms with Gasteiger partial charge in [0.15, 0.2) is 9.84 Å². The standard InChI is InChI=1S/C7H13FO2S/c1-6(2,3)7(8)4-11(9,10)5-7/h4-5H2,1-3H3.